The van der Waals surface area contributed by atoms with Gasteiger partial charge in [0.05, 0.1) is 23.6 Å². The molecule has 6 heteroatoms. The zero-order valence-corrected chi connectivity index (χ0v) is 15.8. The molecule has 0 unspecified atom stereocenters. The van der Waals surface area contributed by atoms with Crippen molar-refractivity contribution < 1.29 is 14.3 Å². The van der Waals surface area contributed by atoms with Gasteiger partial charge in [0, 0.05) is 24.7 Å². The van der Waals surface area contributed by atoms with Gasteiger partial charge < -0.3 is 9.64 Å². The van der Waals surface area contributed by atoms with E-state index in [4.69, 9.17) is 27.9 Å². The number of carbonyl (C=O) groups is 2. The van der Waals surface area contributed by atoms with Crippen molar-refractivity contribution in [2.75, 3.05) is 14.2 Å². The minimum Gasteiger partial charge on any atom is -0.496 e. The first kappa shape index (κ1) is 19.3. The maximum Gasteiger partial charge on any atom is 0.227 e. The van der Waals surface area contributed by atoms with E-state index >= 15 is 0 Å². The largest absolute Gasteiger partial charge is 0.496 e. The summed E-state index contributed by atoms with van der Waals surface area (Å²) in [5.74, 6) is 0.437. The number of ether oxygens (including phenoxy) is 1. The Kier molecular flexibility index (Phi) is 6.45. The highest BCUT2D eigenvalue weighted by Crippen LogP contribution is 2.24. The molecule has 1 amide bonds. The number of amides is 1. The zero-order chi connectivity index (χ0) is 18.6. The Hall–Kier alpha value is -2.04. The van der Waals surface area contributed by atoms with Crippen LogP contribution in [0.2, 0.25) is 10.0 Å². The third kappa shape index (κ3) is 4.97. The molecule has 0 aliphatic rings. The van der Waals surface area contributed by atoms with E-state index in [-0.39, 0.29) is 18.1 Å². The zero-order valence-electron chi connectivity index (χ0n) is 14.3. The van der Waals surface area contributed by atoms with Gasteiger partial charge in [-0.05, 0) is 42.8 Å². The maximum absolute atomic E-state index is 12.5. The second-order valence-electron chi connectivity index (χ2n) is 5.76. The minimum atomic E-state index is -0.0925. The predicted octanol–water partition coefficient (Wildman–Crippen LogP) is 4.41. The monoisotopic (exact) mass is 379 g/mol. The van der Waals surface area contributed by atoms with Gasteiger partial charge in [0.2, 0.25) is 5.91 Å². The van der Waals surface area contributed by atoms with Crippen LogP contribution >= 0.6 is 23.2 Å². The highest BCUT2D eigenvalue weighted by atomic mass is 35.5. The van der Waals surface area contributed by atoms with Gasteiger partial charge in [-0.15, -0.1) is 0 Å². The van der Waals surface area contributed by atoms with Gasteiger partial charge in [0.1, 0.15) is 5.75 Å². The highest BCUT2D eigenvalue weighted by Gasteiger charge is 2.15. The van der Waals surface area contributed by atoms with E-state index in [2.05, 4.69) is 0 Å². The first-order chi connectivity index (χ1) is 11.8. The number of Topliss-reactive ketones (excluding diaryl/α,β-unsaturated/α-hetero) is 1. The first-order valence-corrected chi connectivity index (χ1v) is 8.43. The fourth-order valence-electron chi connectivity index (χ4n) is 2.43. The number of nitrogens with zero attached hydrogens (tertiary/aromatic N) is 1. The van der Waals surface area contributed by atoms with E-state index < -0.39 is 0 Å². The molecule has 0 radical (unpaired) electrons. The lowest BCUT2D eigenvalue weighted by Crippen LogP contribution is -2.28. The SMILES string of the molecule is COc1ccc(C(C)=O)cc1CC(=O)N(C)Cc1ccc(Cl)c(Cl)c1. The van der Waals surface area contributed by atoms with E-state index in [1.165, 1.54) is 14.0 Å². The number of rotatable bonds is 6. The van der Waals surface area contributed by atoms with E-state index in [9.17, 15) is 9.59 Å². The lowest BCUT2D eigenvalue weighted by Gasteiger charge is -2.19. The lowest BCUT2D eigenvalue weighted by molar-refractivity contribution is -0.129. The van der Waals surface area contributed by atoms with Crippen LogP contribution in [0.15, 0.2) is 36.4 Å². The number of hydrogen-bond donors (Lipinski definition) is 0. The van der Waals surface area contributed by atoms with Crippen molar-refractivity contribution in [1.29, 1.82) is 0 Å². The van der Waals surface area contributed by atoms with Crippen molar-refractivity contribution >= 4 is 34.9 Å². The smallest absolute Gasteiger partial charge is 0.227 e. The van der Waals surface area contributed by atoms with Gasteiger partial charge >= 0.3 is 0 Å². The molecule has 132 valence electrons. The van der Waals surface area contributed by atoms with Crippen molar-refractivity contribution in [3.63, 3.8) is 0 Å². The number of carbonyl (C=O) groups excluding carboxylic acids is 2. The van der Waals surface area contributed by atoms with Crippen molar-refractivity contribution in [3.8, 4) is 5.75 Å². The fraction of sp³-hybridized carbons (Fsp3) is 0.263. The maximum atomic E-state index is 12.5. The summed E-state index contributed by atoms with van der Waals surface area (Å²) >= 11 is 11.9. The summed E-state index contributed by atoms with van der Waals surface area (Å²) in [7, 11) is 3.25. The second kappa shape index (κ2) is 8.37. The molecular formula is C19H19Cl2NO3. The quantitative estimate of drug-likeness (QED) is 0.698. The lowest BCUT2D eigenvalue weighted by atomic mass is 10.0. The summed E-state index contributed by atoms with van der Waals surface area (Å²) in [6, 6.07) is 10.4. The molecule has 0 bridgehead atoms. The molecule has 2 rings (SSSR count). The minimum absolute atomic E-state index is 0.0551. The van der Waals surface area contributed by atoms with Gasteiger partial charge in [-0.2, -0.15) is 0 Å². The van der Waals surface area contributed by atoms with Crippen molar-refractivity contribution in [2.24, 2.45) is 0 Å². The molecule has 0 spiro atoms. The summed E-state index contributed by atoms with van der Waals surface area (Å²) in [6.45, 7) is 1.90. The van der Waals surface area contributed by atoms with Gasteiger partial charge in [0.25, 0.3) is 0 Å². The normalized spacial score (nSPS) is 10.4. The van der Waals surface area contributed by atoms with E-state index in [1.54, 1.807) is 42.3 Å². The Morgan fingerprint density at radius 1 is 1.08 bits per heavy atom. The van der Waals surface area contributed by atoms with Crippen LogP contribution in [0.4, 0.5) is 0 Å². The molecule has 2 aromatic carbocycles. The van der Waals surface area contributed by atoms with Crippen LogP contribution in [-0.2, 0) is 17.8 Å². The van der Waals surface area contributed by atoms with E-state index in [0.717, 1.165) is 5.56 Å². The van der Waals surface area contributed by atoms with Crippen molar-refractivity contribution in [1.82, 2.24) is 4.90 Å². The molecule has 0 aliphatic carbocycles. The summed E-state index contributed by atoms with van der Waals surface area (Å²) in [6.07, 6.45) is 0.141. The molecule has 2 aromatic rings. The van der Waals surface area contributed by atoms with Gasteiger partial charge in [-0.3, -0.25) is 9.59 Å². The average molecular weight is 380 g/mol. The molecule has 0 aliphatic heterocycles. The summed E-state index contributed by atoms with van der Waals surface area (Å²) < 4.78 is 5.29. The van der Waals surface area contributed by atoms with Crippen LogP contribution in [0.1, 0.15) is 28.4 Å². The third-order valence-electron chi connectivity index (χ3n) is 3.86. The molecule has 25 heavy (non-hydrogen) atoms. The molecular weight excluding hydrogens is 361 g/mol. The van der Waals surface area contributed by atoms with Crippen LogP contribution in [-0.4, -0.2) is 30.7 Å². The van der Waals surface area contributed by atoms with E-state index in [1.807, 2.05) is 6.07 Å². The molecule has 0 atom stereocenters. The first-order valence-electron chi connectivity index (χ1n) is 7.67. The van der Waals surface area contributed by atoms with E-state index in [0.29, 0.717) is 33.5 Å². The molecule has 4 nitrogen and oxygen atoms in total. The highest BCUT2D eigenvalue weighted by molar-refractivity contribution is 6.42. The number of likely N-dealkylation sites (N-methyl/N-ethyl adjacent to an activating group) is 1. The van der Waals surface area contributed by atoms with Crippen LogP contribution in [0.5, 0.6) is 5.75 Å². The van der Waals surface area contributed by atoms with Gasteiger partial charge in [-0.25, -0.2) is 0 Å². The number of hydrogen-bond acceptors (Lipinski definition) is 3. The number of benzene rings is 2. The molecule has 0 fully saturated rings. The van der Waals surface area contributed by atoms with Crippen molar-refractivity contribution in [3.05, 3.63) is 63.1 Å². The third-order valence-corrected chi connectivity index (χ3v) is 4.60. The fourth-order valence-corrected chi connectivity index (χ4v) is 2.75. The summed E-state index contributed by atoms with van der Waals surface area (Å²) in [5.41, 5.74) is 2.12. The standard InChI is InChI=1S/C19H19Cl2NO3/c1-12(23)14-5-7-18(25-3)15(9-14)10-19(24)22(2)11-13-4-6-16(20)17(21)8-13/h4-9H,10-11H2,1-3H3. The molecule has 0 N–H and O–H groups in total. The van der Waals surface area contributed by atoms with Gasteiger partial charge in [0.15, 0.2) is 5.78 Å². The Bertz CT molecular complexity index is 805. The Balaban J connectivity index is 2.13. The molecule has 0 saturated heterocycles. The van der Waals surface area contributed by atoms with Crippen LogP contribution in [0, 0.1) is 0 Å². The van der Waals surface area contributed by atoms with Crippen LogP contribution in [0.3, 0.4) is 0 Å². The Labute approximate surface area is 157 Å². The molecule has 0 aromatic heterocycles. The van der Waals surface area contributed by atoms with Gasteiger partial charge in [-0.1, -0.05) is 29.3 Å². The molecule has 0 saturated carbocycles. The van der Waals surface area contributed by atoms with Crippen LogP contribution < -0.4 is 4.74 Å². The van der Waals surface area contributed by atoms with Crippen molar-refractivity contribution in [2.45, 2.75) is 19.9 Å². The number of halogens is 2. The number of ketones is 1. The topological polar surface area (TPSA) is 46.6 Å². The summed E-state index contributed by atoms with van der Waals surface area (Å²) in [5, 5.41) is 0.932. The Morgan fingerprint density at radius 3 is 2.40 bits per heavy atom. The molecule has 0 heterocycles. The number of methoxy groups -OCH3 is 1. The Morgan fingerprint density at radius 2 is 1.80 bits per heavy atom. The predicted molar refractivity (Wildman–Crippen MR) is 99.6 cm³/mol. The average Bonchev–Trinajstić information content (AvgIpc) is 2.57. The summed E-state index contributed by atoms with van der Waals surface area (Å²) in [4.78, 5) is 25.7. The second-order valence-corrected chi connectivity index (χ2v) is 6.57. The van der Waals surface area contributed by atoms with Crippen LogP contribution in [0.25, 0.3) is 0 Å².